The lowest BCUT2D eigenvalue weighted by Gasteiger charge is -2.20. The third-order valence-electron chi connectivity index (χ3n) is 8.77. The predicted molar refractivity (Wildman–Crippen MR) is 216 cm³/mol. The van der Waals surface area contributed by atoms with Crippen LogP contribution in [0.25, 0.3) is 0 Å². The number of unbranched alkanes of at least 4 members (excludes halogenated alkanes) is 11. The van der Waals surface area contributed by atoms with Gasteiger partial charge in [-0.2, -0.15) is 15.2 Å². The molecule has 8 nitrogen and oxygen atoms in total. The van der Waals surface area contributed by atoms with Gasteiger partial charge in [0.1, 0.15) is 11.4 Å². The molecule has 1 aliphatic rings. The van der Waals surface area contributed by atoms with E-state index in [0.717, 1.165) is 23.7 Å². The van der Waals surface area contributed by atoms with Crippen LogP contribution in [-0.4, -0.2) is 29.4 Å². The Balaban J connectivity index is 1.43. The van der Waals surface area contributed by atoms with Gasteiger partial charge in [-0.05, 0) is 60.4 Å². The van der Waals surface area contributed by atoms with Gasteiger partial charge in [-0.15, -0.1) is 5.10 Å². The van der Waals surface area contributed by atoms with Crippen molar-refractivity contribution in [1.82, 2.24) is 0 Å². The Morgan fingerprint density at radius 3 is 2.02 bits per heavy atom. The number of phenolic OH excluding ortho intramolecular Hbond substituents is 1. The van der Waals surface area contributed by atoms with E-state index in [0.29, 0.717) is 27.0 Å². The van der Waals surface area contributed by atoms with Crippen LogP contribution in [0.4, 0.5) is 22.7 Å². The molecule has 1 atom stereocenters. The van der Waals surface area contributed by atoms with Crippen LogP contribution in [0.3, 0.4) is 0 Å². The van der Waals surface area contributed by atoms with Gasteiger partial charge in [0.2, 0.25) is 6.04 Å². The van der Waals surface area contributed by atoms with Crippen molar-refractivity contribution >= 4 is 80.9 Å². The molecule has 0 radical (unpaired) electrons. The van der Waals surface area contributed by atoms with Gasteiger partial charge < -0.3 is 15.7 Å². The standard InChI is InChI=1S/C39H50Cl4N6O2/c1-5-6-7-8-9-10-11-12-13-14-15-16-21-44-27-17-19-30(41)33(25-27)45-37-35(47-46-28-18-20-34(50)29(24-28)39(2,3)4)38(51)49(48-37)36-31(42)22-26(40)23-32(36)43/h17-20,22-25,35,44,50H,5-16,21H2,1-4H3,(H,45,48)/b47-46+. The number of azo groups is 1. The highest BCUT2D eigenvalue weighted by Gasteiger charge is 2.39. The first-order chi connectivity index (χ1) is 24.4. The topological polar surface area (TPSA) is 102 Å². The molecule has 1 aliphatic heterocycles. The first-order valence-electron chi connectivity index (χ1n) is 18.0. The highest BCUT2D eigenvalue weighted by molar-refractivity contribution is 6.43. The highest BCUT2D eigenvalue weighted by atomic mass is 35.5. The number of nitrogens with zero attached hydrogens (tertiary/aromatic N) is 4. The van der Waals surface area contributed by atoms with E-state index in [9.17, 15) is 9.90 Å². The van der Waals surface area contributed by atoms with Crippen LogP contribution in [0, 0.1) is 0 Å². The van der Waals surface area contributed by atoms with Crippen molar-refractivity contribution in [3.8, 4) is 5.75 Å². The van der Waals surface area contributed by atoms with Crippen molar-refractivity contribution in [2.75, 3.05) is 22.2 Å². The quantitative estimate of drug-likeness (QED) is 0.0884. The number of rotatable bonds is 18. The number of phenols is 1. The molecule has 1 heterocycles. The minimum Gasteiger partial charge on any atom is -0.508 e. The summed E-state index contributed by atoms with van der Waals surface area (Å²) in [6.45, 7) is 9.05. The first-order valence-corrected chi connectivity index (χ1v) is 19.5. The number of amidine groups is 1. The molecule has 0 aromatic heterocycles. The molecule has 3 N–H and O–H groups in total. The fraction of sp³-hybridized carbons (Fsp3) is 0.487. The summed E-state index contributed by atoms with van der Waals surface area (Å²) in [7, 11) is 0. The Bertz CT molecular complexity index is 1670. The van der Waals surface area contributed by atoms with Crippen molar-refractivity contribution in [3.05, 3.63) is 74.2 Å². The summed E-state index contributed by atoms with van der Waals surface area (Å²) in [6.07, 6.45) is 15.6. The zero-order valence-electron chi connectivity index (χ0n) is 30.0. The summed E-state index contributed by atoms with van der Waals surface area (Å²) in [5.74, 6) is -0.192. The number of anilines is 3. The van der Waals surface area contributed by atoms with Gasteiger partial charge in [0.25, 0.3) is 5.91 Å². The third-order valence-corrected chi connectivity index (χ3v) is 9.89. The van der Waals surface area contributed by atoms with E-state index in [1.807, 2.05) is 32.9 Å². The molecule has 0 spiro atoms. The second-order valence-electron chi connectivity index (χ2n) is 14.1. The Morgan fingerprint density at radius 2 is 1.41 bits per heavy atom. The number of amides is 1. The zero-order chi connectivity index (χ0) is 37.0. The highest BCUT2D eigenvalue weighted by Crippen LogP contribution is 2.40. The number of hydrazone groups is 1. The molecular formula is C39H50Cl4N6O2. The number of nitrogens with one attached hydrogen (secondary N) is 2. The Labute approximate surface area is 323 Å². The lowest BCUT2D eigenvalue weighted by Crippen LogP contribution is -2.33. The molecule has 3 aromatic carbocycles. The molecule has 0 saturated carbocycles. The fourth-order valence-electron chi connectivity index (χ4n) is 5.92. The van der Waals surface area contributed by atoms with Crippen molar-refractivity contribution in [3.63, 3.8) is 0 Å². The Morgan fingerprint density at radius 1 is 0.804 bits per heavy atom. The van der Waals surface area contributed by atoms with Crippen LogP contribution in [0.2, 0.25) is 20.1 Å². The average Bonchev–Trinajstić information content (AvgIpc) is 3.36. The smallest absolute Gasteiger partial charge is 0.282 e. The van der Waals surface area contributed by atoms with E-state index in [2.05, 4.69) is 32.9 Å². The summed E-state index contributed by atoms with van der Waals surface area (Å²) in [5.41, 5.74) is 2.42. The Kier molecular flexibility index (Phi) is 15.7. The van der Waals surface area contributed by atoms with Crippen molar-refractivity contribution < 1.29 is 9.90 Å². The number of benzene rings is 3. The molecular weight excluding hydrogens is 726 g/mol. The monoisotopic (exact) mass is 774 g/mol. The van der Waals surface area contributed by atoms with E-state index in [-0.39, 0.29) is 32.7 Å². The van der Waals surface area contributed by atoms with Gasteiger partial charge in [-0.3, -0.25) is 4.79 Å². The van der Waals surface area contributed by atoms with E-state index in [1.54, 1.807) is 24.3 Å². The zero-order valence-corrected chi connectivity index (χ0v) is 33.1. The van der Waals surface area contributed by atoms with Gasteiger partial charge in [-0.1, -0.05) is 145 Å². The van der Waals surface area contributed by atoms with Gasteiger partial charge in [-0.25, -0.2) is 0 Å². The molecule has 0 aliphatic carbocycles. The van der Waals surface area contributed by atoms with Crippen LogP contribution in [0.15, 0.2) is 63.9 Å². The molecule has 0 saturated heterocycles. The number of carbonyl (C=O) groups excluding carboxylic acids is 1. The minimum absolute atomic E-state index is 0.150. The van der Waals surface area contributed by atoms with Crippen molar-refractivity contribution in [2.24, 2.45) is 15.3 Å². The predicted octanol–water partition coefficient (Wildman–Crippen LogP) is 13.3. The summed E-state index contributed by atoms with van der Waals surface area (Å²) in [6, 6.07) is 12.3. The van der Waals surface area contributed by atoms with E-state index < -0.39 is 11.9 Å². The minimum atomic E-state index is -1.17. The summed E-state index contributed by atoms with van der Waals surface area (Å²) < 4.78 is 0. The fourth-order valence-corrected chi connectivity index (χ4v) is 7.06. The van der Waals surface area contributed by atoms with Crippen LogP contribution < -0.4 is 15.6 Å². The van der Waals surface area contributed by atoms with Gasteiger partial charge in [0.05, 0.1) is 26.4 Å². The molecule has 4 rings (SSSR count). The molecule has 1 amide bonds. The normalized spacial score (nSPS) is 14.8. The number of hydrogen-bond donors (Lipinski definition) is 3. The number of aromatic hydroxyl groups is 1. The van der Waals surface area contributed by atoms with Crippen molar-refractivity contribution in [1.29, 1.82) is 0 Å². The SMILES string of the molecule is CCCCCCCCCCCCCCNc1ccc(Cl)c(NC2=NN(c3c(Cl)cc(Cl)cc3Cl)C(=O)C2/N=N/c2ccc(O)c(C(C)(C)C)c2)c1. The third kappa shape index (κ3) is 12.0. The van der Waals surface area contributed by atoms with Crippen LogP contribution in [-0.2, 0) is 10.2 Å². The molecule has 3 aromatic rings. The first kappa shape index (κ1) is 40.7. The molecule has 276 valence electrons. The molecule has 1 unspecified atom stereocenters. The second kappa shape index (κ2) is 19.7. The molecule has 51 heavy (non-hydrogen) atoms. The van der Waals surface area contributed by atoms with Gasteiger partial charge in [0, 0.05) is 22.8 Å². The van der Waals surface area contributed by atoms with Gasteiger partial charge in [0.15, 0.2) is 5.84 Å². The van der Waals surface area contributed by atoms with Crippen LogP contribution >= 0.6 is 46.4 Å². The van der Waals surface area contributed by atoms with E-state index in [1.165, 1.54) is 82.8 Å². The maximum atomic E-state index is 13.9. The number of hydrogen-bond acceptors (Lipinski definition) is 7. The van der Waals surface area contributed by atoms with E-state index in [4.69, 9.17) is 46.4 Å². The molecule has 0 bridgehead atoms. The maximum absolute atomic E-state index is 13.9. The summed E-state index contributed by atoms with van der Waals surface area (Å²) >= 11 is 25.8. The summed E-state index contributed by atoms with van der Waals surface area (Å²) in [5, 5.41) is 32.7. The summed E-state index contributed by atoms with van der Waals surface area (Å²) in [4.78, 5) is 13.9. The number of halogens is 4. The van der Waals surface area contributed by atoms with Gasteiger partial charge >= 0.3 is 0 Å². The second-order valence-corrected chi connectivity index (χ2v) is 15.7. The number of carbonyl (C=O) groups is 1. The molecule has 12 heteroatoms. The lowest BCUT2D eigenvalue weighted by atomic mass is 9.86. The average molecular weight is 777 g/mol. The lowest BCUT2D eigenvalue weighted by molar-refractivity contribution is -0.117. The van der Waals surface area contributed by atoms with Crippen molar-refractivity contribution in [2.45, 2.75) is 116 Å². The maximum Gasteiger partial charge on any atom is 0.282 e. The largest absolute Gasteiger partial charge is 0.508 e. The van der Waals surface area contributed by atoms with E-state index >= 15 is 0 Å². The van der Waals surface area contributed by atoms with Crippen LogP contribution in [0.1, 0.15) is 110 Å². The van der Waals surface area contributed by atoms with Crippen LogP contribution in [0.5, 0.6) is 5.75 Å². The Hall–Kier alpha value is -3.04. The molecule has 0 fully saturated rings.